The molecule has 1 heterocycles. The van der Waals surface area contributed by atoms with Crippen molar-refractivity contribution in [2.75, 3.05) is 6.54 Å². The van der Waals surface area contributed by atoms with Gasteiger partial charge < -0.3 is 4.90 Å². The summed E-state index contributed by atoms with van der Waals surface area (Å²) in [6.07, 6.45) is 4.71. The maximum absolute atomic E-state index is 11.3. The Morgan fingerprint density at radius 3 is 3.09 bits per heavy atom. The normalized spacial score (nSPS) is 23.7. The Bertz CT molecular complexity index is 165. The first-order valence-electron chi connectivity index (χ1n) is 4.21. The van der Waals surface area contributed by atoms with Crippen LogP contribution in [0.3, 0.4) is 0 Å². The lowest BCUT2D eigenvalue weighted by Gasteiger charge is -2.20. The monoisotopic (exact) mass is 153 g/mol. The van der Waals surface area contributed by atoms with Gasteiger partial charge in [0.15, 0.2) is 0 Å². The van der Waals surface area contributed by atoms with Crippen LogP contribution in [0, 0.1) is 0 Å². The van der Waals surface area contributed by atoms with Crippen molar-refractivity contribution in [3.63, 3.8) is 0 Å². The molecule has 0 saturated carbocycles. The van der Waals surface area contributed by atoms with Gasteiger partial charge in [-0.25, -0.2) is 0 Å². The lowest BCUT2D eigenvalue weighted by molar-refractivity contribution is -0.130. The molecule has 1 aliphatic heterocycles. The highest BCUT2D eigenvalue weighted by molar-refractivity contribution is 5.76. The quantitative estimate of drug-likeness (QED) is 0.551. The third-order valence-electron chi connectivity index (χ3n) is 2.19. The zero-order valence-electron chi connectivity index (χ0n) is 7.05. The number of amides is 1. The Hall–Kier alpha value is -0.790. The van der Waals surface area contributed by atoms with Crippen molar-refractivity contribution in [3.8, 4) is 0 Å². The molecule has 11 heavy (non-hydrogen) atoms. The fourth-order valence-corrected chi connectivity index (χ4v) is 1.55. The van der Waals surface area contributed by atoms with Crippen LogP contribution in [0.1, 0.15) is 26.2 Å². The van der Waals surface area contributed by atoms with E-state index in [1.165, 1.54) is 0 Å². The average Bonchev–Trinajstić information content (AvgIpc) is 2.50. The van der Waals surface area contributed by atoms with Gasteiger partial charge in [-0.3, -0.25) is 4.79 Å². The number of carbonyl (C=O) groups excluding carboxylic acids is 1. The van der Waals surface area contributed by atoms with Crippen LogP contribution in [0.25, 0.3) is 0 Å². The Labute approximate surface area is 67.9 Å². The molecule has 2 heteroatoms. The van der Waals surface area contributed by atoms with Gasteiger partial charge in [-0.05, 0) is 12.8 Å². The molecule has 1 aliphatic rings. The minimum absolute atomic E-state index is 0.257. The Morgan fingerprint density at radius 1 is 1.82 bits per heavy atom. The molecule has 1 amide bonds. The van der Waals surface area contributed by atoms with E-state index in [2.05, 4.69) is 6.58 Å². The van der Waals surface area contributed by atoms with E-state index in [1.807, 2.05) is 17.9 Å². The van der Waals surface area contributed by atoms with Crippen LogP contribution in [0.4, 0.5) is 0 Å². The van der Waals surface area contributed by atoms with Crippen LogP contribution >= 0.6 is 0 Å². The molecular weight excluding hydrogens is 138 g/mol. The minimum Gasteiger partial charge on any atom is -0.336 e. The lowest BCUT2D eigenvalue weighted by atomic mass is 10.2. The van der Waals surface area contributed by atoms with Crippen molar-refractivity contribution in [2.45, 2.75) is 32.2 Å². The van der Waals surface area contributed by atoms with E-state index in [9.17, 15) is 4.79 Å². The fraction of sp³-hybridized carbons (Fsp3) is 0.667. The summed E-state index contributed by atoms with van der Waals surface area (Å²) in [5.41, 5.74) is 0. The van der Waals surface area contributed by atoms with Gasteiger partial charge in [0.2, 0.25) is 5.91 Å². The number of hydrogen-bond donors (Lipinski definition) is 0. The average molecular weight is 153 g/mol. The van der Waals surface area contributed by atoms with E-state index in [1.54, 1.807) is 0 Å². The Kier molecular flexibility index (Phi) is 2.69. The van der Waals surface area contributed by atoms with Gasteiger partial charge in [0.05, 0.1) is 0 Å². The van der Waals surface area contributed by atoms with Crippen molar-refractivity contribution < 1.29 is 4.79 Å². The molecule has 1 atom stereocenters. The summed E-state index contributed by atoms with van der Waals surface area (Å²) < 4.78 is 0. The highest BCUT2D eigenvalue weighted by atomic mass is 16.2. The molecule has 0 aliphatic carbocycles. The Balaban J connectivity index is 2.56. The predicted molar refractivity (Wildman–Crippen MR) is 45.2 cm³/mol. The number of hydrogen-bond acceptors (Lipinski definition) is 1. The molecule has 0 radical (unpaired) electrons. The van der Waals surface area contributed by atoms with Crippen molar-refractivity contribution in [2.24, 2.45) is 0 Å². The summed E-state index contributed by atoms with van der Waals surface area (Å²) in [6, 6.07) is 0.308. The highest BCUT2D eigenvalue weighted by Crippen LogP contribution is 2.18. The van der Waals surface area contributed by atoms with Crippen LogP contribution in [0.15, 0.2) is 12.7 Å². The van der Waals surface area contributed by atoms with Gasteiger partial charge in [0, 0.05) is 19.0 Å². The second kappa shape index (κ2) is 3.56. The molecule has 0 N–H and O–H groups in total. The van der Waals surface area contributed by atoms with E-state index in [4.69, 9.17) is 0 Å². The first-order chi connectivity index (χ1) is 5.29. The highest BCUT2D eigenvalue weighted by Gasteiger charge is 2.24. The lowest BCUT2D eigenvalue weighted by Crippen LogP contribution is -2.33. The van der Waals surface area contributed by atoms with Gasteiger partial charge in [-0.1, -0.05) is 13.0 Å². The molecule has 2 nitrogen and oxygen atoms in total. The molecule has 0 aromatic rings. The van der Waals surface area contributed by atoms with Crippen molar-refractivity contribution in [1.29, 1.82) is 0 Å². The summed E-state index contributed by atoms with van der Waals surface area (Å²) in [6.45, 7) is 6.54. The minimum atomic E-state index is 0.257. The molecule has 1 rings (SSSR count). The Morgan fingerprint density at radius 2 is 2.55 bits per heavy atom. The summed E-state index contributed by atoms with van der Waals surface area (Å²) in [5, 5.41) is 0. The second-order valence-electron chi connectivity index (χ2n) is 2.89. The molecule has 62 valence electrons. The maximum Gasteiger partial charge on any atom is 0.222 e. The van der Waals surface area contributed by atoms with Crippen molar-refractivity contribution >= 4 is 5.91 Å². The SMILES string of the molecule is C=C[C@@H]1CCCN1C(=O)CC. The molecule has 1 saturated heterocycles. The van der Waals surface area contributed by atoms with Gasteiger partial charge in [-0.2, -0.15) is 0 Å². The zero-order chi connectivity index (χ0) is 8.27. The molecule has 0 aromatic carbocycles. The van der Waals surface area contributed by atoms with E-state index in [0.717, 1.165) is 19.4 Å². The molecule has 0 spiro atoms. The van der Waals surface area contributed by atoms with Gasteiger partial charge in [0.25, 0.3) is 0 Å². The van der Waals surface area contributed by atoms with Gasteiger partial charge in [-0.15, -0.1) is 6.58 Å². The summed E-state index contributed by atoms with van der Waals surface area (Å²) in [4.78, 5) is 13.2. The van der Waals surface area contributed by atoms with E-state index in [0.29, 0.717) is 12.5 Å². The van der Waals surface area contributed by atoms with E-state index >= 15 is 0 Å². The van der Waals surface area contributed by atoms with Gasteiger partial charge >= 0.3 is 0 Å². The first-order valence-corrected chi connectivity index (χ1v) is 4.21. The summed E-state index contributed by atoms with van der Waals surface area (Å²) in [7, 11) is 0. The number of rotatable bonds is 2. The number of carbonyl (C=O) groups is 1. The van der Waals surface area contributed by atoms with E-state index < -0.39 is 0 Å². The van der Waals surface area contributed by atoms with Crippen LogP contribution < -0.4 is 0 Å². The molecule has 1 fully saturated rings. The van der Waals surface area contributed by atoms with Crippen LogP contribution in [-0.4, -0.2) is 23.4 Å². The van der Waals surface area contributed by atoms with Crippen LogP contribution in [-0.2, 0) is 4.79 Å². The smallest absolute Gasteiger partial charge is 0.222 e. The molecule has 0 aromatic heterocycles. The second-order valence-corrected chi connectivity index (χ2v) is 2.89. The third kappa shape index (κ3) is 1.62. The predicted octanol–water partition coefficient (Wildman–Crippen LogP) is 1.57. The topological polar surface area (TPSA) is 20.3 Å². The third-order valence-corrected chi connectivity index (χ3v) is 2.19. The molecule has 0 bridgehead atoms. The largest absolute Gasteiger partial charge is 0.336 e. The van der Waals surface area contributed by atoms with E-state index in [-0.39, 0.29) is 5.91 Å². The summed E-state index contributed by atoms with van der Waals surface area (Å²) in [5.74, 6) is 0.257. The van der Waals surface area contributed by atoms with Crippen molar-refractivity contribution in [3.05, 3.63) is 12.7 Å². The zero-order valence-corrected chi connectivity index (χ0v) is 7.05. The maximum atomic E-state index is 11.3. The standard InChI is InChI=1S/C9H15NO/c1-3-8-6-5-7-10(8)9(11)4-2/h3,8H,1,4-7H2,2H3/t8-/m1/s1. The molecule has 0 unspecified atom stereocenters. The number of nitrogens with zero attached hydrogens (tertiary/aromatic N) is 1. The summed E-state index contributed by atoms with van der Waals surface area (Å²) >= 11 is 0. The molecular formula is C9H15NO. The van der Waals surface area contributed by atoms with Crippen LogP contribution in [0.2, 0.25) is 0 Å². The van der Waals surface area contributed by atoms with Crippen molar-refractivity contribution in [1.82, 2.24) is 4.90 Å². The first kappa shape index (κ1) is 8.31. The number of likely N-dealkylation sites (tertiary alicyclic amines) is 1. The van der Waals surface area contributed by atoms with Crippen LogP contribution in [0.5, 0.6) is 0 Å². The van der Waals surface area contributed by atoms with Gasteiger partial charge in [0.1, 0.15) is 0 Å². The fourth-order valence-electron chi connectivity index (χ4n) is 1.55.